The molecule has 3 rings (SSSR count). The van der Waals surface area contributed by atoms with Crippen molar-refractivity contribution in [1.82, 2.24) is 10.3 Å². The van der Waals surface area contributed by atoms with E-state index >= 15 is 0 Å². The predicted octanol–water partition coefficient (Wildman–Crippen LogP) is 2.75. The second kappa shape index (κ2) is 6.98. The summed E-state index contributed by atoms with van der Waals surface area (Å²) in [4.78, 5) is 5.71. The second-order valence-electron chi connectivity index (χ2n) is 5.52. The fourth-order valence-corrected chi connectivity index (χ4v) is 4.15. The Kier molecular flexibility index (Phi) is 5.03. The fraction of sp³-hybridized carbons (Fsp3) is 0.533. The van der Waals surface area contributed by atoms with Crippen LogP contribution in [-0.4, -0.2) is 36.5 Å². The van der Waals surface area contributed by atoms with E-state index in [1.54, 1.807) is 22.7 Å². The van der Waals surface area contributed by atoms with E-state index in [-0.39, 0.29) is 12.0 Å². The Hall–Kier alpha value is -0.790. The summed E-state index contributed by atoms with van der Waals surface area (Å²) in [5, 5.41) is 18.4. The third kappa shape index (κ3) is 3.70. The van der Waals surface area contributed by atoms with E-state index in [2.05, 4.69) is 27.1 Å². The maximum atomic E-state index is 9.66. The highest BCUT2D eigenvalue weighted by atomic mass is 32.1. The van der Waals surface area contributed by atoms with Crippen molar-refractivity contribution in [1.29, 1.82) is 0 Å². The molecule has 1 aliphatic rings. The SMILES string of the molecule is OCC1(CNCc2cnc(-c3ccsc3)s2)CCOCC1. The molecule has 0 amide bonds. The summed E-state index contributed by atoms with van der Waals surface area (Å²) in [6.45, 7) is 3.38. The largest absolute Gasteiger partial charge is 0.396 e. The average Bonchev–Trinajstić information content (AvgIpc) is 3.19. The van der Waals surface area contributed by atoms with Gasteiger partial charge in [-0.25, -0.2) is 4.98 Å². The number of nitrogens with one attached hydrogen (secondary N) is 1. The molecule has 2 aromatic rings. The zero-order valence-corrected chi connectivity index (χ0v) is 13.5. The second-order valence-corrected chi connectivity index (χ2v) is 7.41. The molecular weight excluding hydrogens is 304 g/mol. The van der Waals surface area contributed by atoms with E-state index in [1.165, 1.54) is 10.4 Å². The zero-order valence-electron chi connectivity index (χ0n) is 11.9. The van der Waals surface area contributed by atoms with Crippen LogP contribution >= 0.6 is 22.7 Å². The first-order valence-corrected chi connectivity index (χ1v) is 8.94. The van der Waals surface area contributed by atoms with Gasteiger partial charge in [0.25, 0.3) is 0 Å². The van der Waals surface area contributed by atoms with Crippen LogP contribution < -0.4 is 5.32 Å². The molecule has 0 radical (unpaired) electrons. The van der Waals surface area contributed by atoms with Crippen LogP contribution in [0.15, 0.2) is 23.0 Å². The summed E-state index contributed by atoms with van der Waals surface area (Å²) in [5.41, 5.74) is 1.19. The lowest BCUT2D eigenvalue weighted by molar-refractivity contribution is -0.0153. The molecule has 1 aliphatic heterocycles. The molecule has 3 heterocycles. The van der Waals surface area contributed by atoms with Gasteiger partial charge in [0.15, 0.2) is 0 Å². The molecule has 6 heteroatoms. The smallest absolute Gasteiger partial charge is 0.124 e. The molecular formula is C15H20N2O2S2. The summed E-state index contributed by atoms with van der Waals surface area (Å²) < 4.78 is 5.39. The van der Waals surface area contributed by atoms with E-state index in [0.717, 1.165) is 44.2 Å². The molecule has 114 valence electrons. The molecule has 0 bridgehead atoms. The van der Waals surface area contributed by atoms with E-state index in [4.69, 9.17) is 4.74 Å². The van der Waals surface area contributed by atoms with Crippen LogP contribution in [0.4, 0.5) is 0 Å². The highest BCUT2D eigenvalue weighted by Gasteiger charge is 2.31. The summed E-state index contributed by atoms with van der Waals surface area (Å²) in [7, 11) is 0. The van der Waals surface area contributed by atoms with Gasteiger partial charge in [0.2, 0.25) is 0 Å². The van der Waals surface area contributed by atoms with Crippen molar-refractivity contribution < 1.29 is 9.84 Å². The number of aliphatic hydroxyl groups is 1. The molecule has 2 N–H and O–H groups in total. The molecule has 21 heavy (non-hydrogen) atoms. The van der Waals surface area contributed by atoms with Crippen molar-refractivity contribution in [2.45, 2.75) is 19.4 Å². The van der Waals surface area contributed by atoms with Gasteiger partial charge in [-0.1, -0.05) is 0 Å². The third-order valence-electron chi connectivity index (χ3n) is 4.01. The lowest BCUT2D eigenvalue weighted by Gasteiger charge is -2.35. The molecule has 0 atom stereocenters. The Bertz CT molecular complexity index is 548. The summed E-state index contributed by atoms with van der Waals surface area (Å²) in [6.07, 6.45) is 3.80. The molecule has 4 nitrogen and oxygen atoms in total. The number of nitrogens with zero attached hydrogens (tertiary/aromatic N) is 1. The van der Waals surface area contributed by atoms with Gasteiger partial charge < -0.3 is 15.2 Å². The fourth-order valence-electron chi connectivity index (χ4n) is 2.55. The Balaban J connectivity index is 1.53. The lowest BCUT2D eigenvalue weighted by Crippen LogP contribution is -2.41. The van der Waals surface area contributed by atoms with Crippen LogP contribution in [0.25, 0.3) is 10.6 Å². The Morgan fingerprint density at radius 2 is 2.24 bits per heavy atom. The van der Waals surface area contributed by atoms with Gasteiger partial charge in [0.1, 0.15) is 5.01 Å². The van der Waals surface area contributed by atoms with Crippen molar-refractivity contribution in [3.05, 3.63) is 27.9 Å². The number of ether oxygens (including phenoxy) is 1. The molecule has 0 aromatic carbocycles. The highest BCUT2D eigenvalue weighted by molar-refractivity contribution is 7.15. The average molecular weight is 324 g/mol. The van der Waals surface area contributed by atoms with E-state index in [0.29, 0.717) is 0 Å². The van der Waals surface area contributed by atoms with Crippen LogP contribution in [0.2, 0.25) is 0 Å². The van der Waals surface area contributed by atoms with Crippen LogP contribution in [0.3, 0.4) is 0 Å². The van der Waals surface area contributed by atoms with Crippen LogP contribution in [0.5, 0.6) is 0 Å². The maximum absolute atomic E-state index is 9.66. The topological polar surface area (TPSA) is 54.4 Å². The summed E-state index contributed by atoms with van der Waals surface area (Å²) in [6, 6.07) is 2.10. The monoisotopic (exact) mass is 324 g/mol. The van der Waals surface area contributed by atoms with Gasteiger partial charge in [-0.05, 0) is 24.3 Å². The van der Waals surface area contributed by atoms with Crippen molar-refractivity contribution >= 4 is 22.7 Å². The quantitative estimate of drug-likeness (QED) is 0.858. The maximum Gasteiger partial charge on any atom is 0.124 e. The van der Waals surface area contributed by atoms with Crippen molar-refractivity contribution in [3.8, 4) is 10.6 Å². The van der Waals surface area contributed by atoms with Gasteiger partial charge in [-0.2, -0.15) is 11.3 Å². The van der Waals surface area contributed by atoms with Crippen molar-refractivity contribution in [2.75, 3.05) is 26.4 Å². The molecule has 1 saturated heterocycles. The standard InChI is InChI=1S/C15H20N2O2S2/c18-11-15(2-4-19-5-3-15)10-16-7-13-8-17-14(21-13)12-1-6-20-9-12/h1,6,8-9,16,18H,2-5,7,10-11H2. The van der Waals surface area contributed by atoms with Gasteiger partial charge in [-0.3, -0.25) is 0 Å². The molecule has 0 saturated carbocycles. The summed E-state index contributed by atoms with van der Waals surface area (Å²) in [5.74, 6) is 0. The first-order valence-electron chi connectivity index (χ1n) is 7.18. The zero-order chi connectivity index (χ0) is 14.5. The number of thiophene rings is 1. The molecule has 2 aromatic heterocycles. The van der Waals surface area contributed by atoms with E-state index < -0.39 is 0 Å². The number of aliphatic hydroxyl groups excluding tert-OH is 1. The summed E-state index contributed by atoms with van der Waals surface area (Å²) >= 11 is 3.42. The van der Waals surface area contributed by atoms with E-state index in [9.17, 15) is 5.11 Å². The molecule has 0 unspecified atom stereocenters. The van der Waals surface area contributed by atoms with Crippen molar-refractivity contribution in [3.63, 3.8) is 0 Å². The normalized spacial score (nSPS) is 18.0. The van der Waals surface area contributed by atoms with Crippen molar-refractivity contribution in [2.24, 2.45) is 5.41 Å². The number of hydrogen-bond donors (Lipinski definition) is 2. The molecule has 0 spiro atoms. The number of aromatic nitrogens is 1. The van der Waals surface area contributed by atoms with E-state index in [1.807, 2.05) is 6.20 Å². The van der Waals surface area contributed by atoms with Crippen LogP contribution in [0, 0.1) is 5.41 Å². The first-order chi connectivity index (χ1) is 10.3. The third-order valence-corrected chi connectivity index (χ3v) is 5.74. The van der Waals surface area contributed by atoms with Gasteiger partial charge in [0, 0.05) is 53.7 Å². The van der Waals surface area contributed by atoms with Crippen LogP contribution in [-0.2, 0) is 11.3 Å². The Labute approximate surface area is 132 Å². The minimum Gasteiger partial charge on any atom is -0.396 e. The Morgan fingerprint density at radius 1 is 1.38 bits per heavy atom. The number of thiazole rings is 1. The van der Waals surface area contributed by atoms with Gasteiger partial charge >= 0.3 is 0 Å². The first kappa shape index (κ1) is 15.1. The molecule has 0 aliphatic carbocycles. The minimum absolute atomic E-state index is 0.0148. The predicted molar refractivity (Wildman–Crippen MR) is 86.7 cm³/mol. The highest BCUT2D eigenvalue weighted by Crippen LogP contribution is 2.30. The number of hydrogen-bond acceptors (Lipinski definition) is 6. The Morgan fingerprint density at radius 3 is 2.95 bits per heavy atom. The van der Waals surface area contributed by atoms with Crippen LogP contribution in [0.1, 0.15) is 17.7 Å². The van der Waals surface area contributed by atoms with Gasteiger partial charge in [-0.15, -0.1) is 11.3 Å². The van der Waals surface area contributed by atoms with Gasteiger partial charge in [0.05, 0.1) is 6.61 Å². The molecule has 1 fully saturated rings. The lowest BCUT2D eigenvalue weighted by atomic mass is 9.81. The minimum atomic E-state index is -0.0148. The number of rotatable bonds is 6.